The summed E-state index contributed by atoms with van der Waals surface area (Å²) in [6, 6.07) is 26.6. The zero-order valence-corrected chi connectivity index (χ0v) is 26.8. The molecular weight excluding hydrogens is 748 g/mol. The van der Waals surface area contributed by atoms with E-state index < -0.39 is 22.9 Å². The van der Waals surface area contributed by atoms with Crippen molar-refractivity contribution in [1.29, 1.82) is 0 Å². The van der Waals surface area contributed by atoms with Gasteiger partial charge in [0.2, 0.25) is 11.8 Å². The van der Waals surface area contributed by atoms with E-state index in [1.165, 1.54) is 40.9 Å². The summed E-state index contributed by atoms with van der Waals surface area (Å²) in [6.07, 6.45) is 1.31. The van der Waals surface area contributed by atoms with E-state index in [0.717, 1.165) is 3.57 Å². The second-order valence-corrected chi connectivity index (χ2v) is 12.8. The van der Waals surface area contributed by atoms with Crippen LogP contribution in [0.1, 0.15) is 22.3 Å². The monoisotopic (exact) mass is 769 g/mol. The largest absolute Gasteiger partial charge is 0.321 e. The van der Waals surface area contributed by atoms with Crippen LogP contribution < -0.4 is 15.5 Å². The van der Waals surface area contributed by atoms with Crippen molar-refractivity contribution in [3.63, 3.8) is 0 Å². The average molecular weight is 770 g/mol. The number of rotatable bonds is 8. The molecule has 0 radical (unpaired) electrons. The van der Waals surface area contributed by atoms with E-state index >= 15 is 0 Å². The number of imide groups is 1. The van der Waals surface area contributed by atoms with Crippen LogP contribution in [0.3, 0.4) is 0 Å². The maximum atomic E-state index is 14.6. The van der Waals surface area contributed by atoms with E-state index in [4.69, 9.17) is 0 Å². The molecule has 1 saturated heterocycles. The van der Waals surface area contributed by atoms with Crippen LogP contribution in [0.5, 0.6) is 0 Å². The van der Waals surface area contributed by atoms with E-state index in [1.54, 1.807) is 66.7 Å². The van der Waals surface area contributed by atoms with E-state index in [0.29, 0.717) is 26.3 Å². The quantitative estimate of drug-likeness (QED) is 0.114. The molecule has 1 aliphatic heterocycles. The number of halogens is 3. The molecule has 0 spiro atoms. The van der Waals surface area contributed by atoms with Crippen LogP contribution >= 0.6 is 50.3 Å². The summed E-state index contributed by atoms with van der Waals surface area (Å²) in [7, 11) is 0. The molecular formula is C32H22BrFIN3O4S. The molecule has 7 nitrogen and oxygen atoms in total. The van der Waals surface area contributed by atoms with Crippen molar-refractivity contribution >= 4 is 91.4 Å². The zero-order chi connectivity index (χ0) is 30.5. The second kappa shape index (κ2) is 13.7. The number of hydrogen-bond donors (Lipinski definition) is 2. The predicted molar refractivity (Wildman–Crippen MR) is 177 cm³/mol. The minimum Gasteiger partial charge on any atom is -0.321 e. The molecule has 0 aliphatic carbocycles. The number of benzene rings is 4. The highest BCUT2D eigenvalue weighted by molar-refractivity contribution is 14.1. The van der Waals surface area contributed by atoms with Crippen LogP contribution in [0, 0.1) is 9.39 Å². The lowest BCUT2D eigenvalue weighted by atomic mass is 10.1. The van der Waals surface area contributed by atoms with Crippen LogP contribution in [0.25, 0.3) is 6.08 Å². The third-order valence-electron chi connectivity index (χ3n) is 6.35. The predicted octanol–water partition coefficient (Wildman–Crippen LogP) is 7.03. The Kier molecular flexibility index (Phi) is 9.73. The number of amides is 4. The van der Waals surface area contributed by atoms with Gasteiger partial charge in [-0.1, -0.05) is 40.2 Å². The normalized spacial score (nSPS) is 15.0. The number of anilines is 2. The first-order valence-corrected chi connectivity index (χ1v) is 15.7. The third-order valence-corrected chi connectivity index (χ3v) is 8.74. The van der Waals surface area contributed by atoms with E-state index in [2.05, 4.69) is 49.2 Å². The first-order chi connectivity index (χ1) is 20.7. The molecule has 1 heterocycles. The van der Waals surface area contributed by atoms with E-state index in [1.807, 2.05) is 12.1 Å². The van der Waals surface area contributed by atoms with Crippen molar-refractivity contribution in [2.24, 2.45) is 0 Å². The molecule has 216 valence electrons. The molecule has 4 aromatic rings. The standard InChI is InChI=1S/C32H22BrFIN3O4S/c33-21-9-14-26(34)20(15-21)16-27(37-30(40)19-5-2-1-3-6-19)31(41)36-23-7-4-8-25(17-23)43-28-18-29(39)38(32(28)42)24-12-10-22(35)11-13-24/h1-17,28H,18H2,(H,36,41)(H,37,40)/b27-16-/t28-/m0/s1. The lowest BCUT2D eigenvalue weighted by Gasteiger charge is -2.15. The number of carbonyl (C=O) groups excluding carboxylic acids is 4. The van der Waals surface area contributed by atoms with Gasteiger partial charge in [0, 0.05) is 36.2 Å². The van der Waals surface area contributed by atoms with Crippen molar-refractivity contribution in [1.82, 2.24) is 5.32 Å². The molecule has 1 aliphatic rings. The maximum absolute atomic E-state index is 14.6. The van der Waals surface area contributed by atoms with Crippen LogP contribution in [0.2, 0.25) is 0 Å². The Morgan fingerprint density at radius 1 is 0.953 bits per heavy atom. The summed E-state index contributed by atoms with van der Waals surface area (Å²) in [5, 5.41) is 4.71. The van der Waals surface area contributed by atoms with Gasteiger partial charge in [-0.3, -0.25) is 19.2 Å². The molecule has 4 amide bonds. The van der Waals surface area contributed by atoms with Crippen molar-refractivity contribution in [3.8, 4) is 0 Å². The Morgan fingerprint density at radius 2 is 1.70 bits per heavy atom. The molecule has 5 rings (SSSR count). The summed E-state index contributed by atoms with van der Waals surface area (Å²) in [4.78, 5) is 54.0. The number of thioether (sulfide) groups is 1. The molecule has 1 fully saturated rings. The van der Waals surface area contributed by atoms with Gasteiger partial charge in [0.15, 0.2) is 0 Å². The summed E-state index contributed by atoms with van der Waals surface area (Å²) in [6.45, 7) is 0. The van der Waals surface area contributed by atoms with Gasteiger partial charge in [0.25, 0.3) is 11.8 Å². The van der Waals surface area contributed by atoms with Crippen LogP contribution in [0.15, 0.2) is 112 Å². The molecule has 1 atom stereocenters. The molecule has 43 heavy (non-hydrogen) atoms. The first kappa shape index (κ1) is 30.6. The zero-order valence-electron chi connectivity index (χ0n) is 22.2. The molecule has 2 N–H and O–H groups in total. The average Bonchev–Trinajstić information content (AvgIpc) is 3.27. The van der Waals surface area contributed by atoms with E-state index in [-0.39, 0.29) is 29.5 Å². The highest BCUT2D eigenvalue weighted by Crippen LogP contribution is 2.35. The van der Waals surface area contributed by atoms with Gasteiger partial charge >= 0.3 is 0 Å². The summed E-state index contributed by atoms with van der Waals surface area (Å²) in [5.74, 6) is -2.38. The van der Waals surface area contributed by atoms with Crippen molar-refractivity contribution < 1.29 is 23.6 Å². The molecule has 0 bridgehead atoms. The molecule has 0 unspecified atom stereocenters. The number of nitrogens with zero attached hydrogens (tertiary/aromatic N) is 1. The summed E-state index contributed by atoms with van der Waals surface area (Å²) >= 11 is 6.68. The number of nitrogens with one attached hydrogen (secondary N) is 2. The minimum atomic E-state index is -0.678. The highest BCUT2D eigenvalue weighted by atomic mass is 127. The number of hydrogen-bond acceptors (Lipinski definition) is 5. The summed E-state index contributed by atoms with van der Waals surface area (Å²) in [5.41, 5.74) is 1.16. The van der Waals surface area contributed by atoms with Crippen molar-refractivity contribution in [3.05, 3.63) is 128 Å². The van der Waals surface area contributed by atoms with Crippen molar-refractivity contribution in [2.75, 3.05) is 10.2 Å². The fourth-order valence-electron chi connectivity index (χ4n) is 4.29. The van der Waals surface area contributed by atoms with Gasteiger partial charge in [-0.05, 0) is 101 Å². The van der Waals surface area contributed by atoms with Crippen LogP contribution in [0.4, 0.5) is 15.8 Å². The smallest absolute Gasteiger partial charge is 0.272 e. The fraction of sp³-hybridized carbons (Fsp3) is 0.0625. The first-order valence-electron chi connectivity index (χ1n) is 12.9. The maximum Gasteiger partial charge on any atom is 0.272 e. The topological polar surface area (TPSA) is 95.6 Å². The fourth-order valence-corrected chi connectivity index (χ4v) is 6.14. The van der Waals surface area contributed by atoms with Gasteiger partial charge in [0.1, 0.15) is 11.5 Å². The van der Waals surface area contributed by atoms with Gasteiger partial charge in [-0.2, -0.15) is 0 Å². The van der Waals surface area contributed by atoms with E-state index in [9.17, 15) is 23.6 Å². The SMILES string of the molecule is O=C(Nc1cccc(S[C@H]2CC(=O)N(c3ccc(I)cc3)C2=O)c1)/C(=C/c1cc(Br)ccc1F)NC(=O)c1ccccc1. The minimum absolute atomic E-state index is 0.0443. The van der Waals surface area contributed by atoms with Gasteiger partial charge in [-0.15, -0.1) is 11.8 Å². The Morgan fingerprint density at radius 3 is 2.44 bits per heavy atom. The Hall–Kier alpha value is -3.81. The molecule has 11 heteroatoms. The molecule has 4 aromatic carbocycles. The lowest BCUT2D eigenvalue weighted by molar-refractivity contribution is -0.121. The molecule has 0 saturated carbocycles. The van der Waals surface area contributed by atoms with Gasteiger partial charge < -0.3 is 10.6 Å². The highest BCUT2D eigenvalue weighted by Gasteiger charge is 2.40. The van der Waals surface area contributed by atoms with Crippen molar-refractivity contribution in [2.45, 2.75) is 16.6 Å². The number of carbonyl (C=O) groups is 4. The summed E-state index contributed by atoms with van der Waals surface area (Å²) < 4.78 is 16.2. The Balaban J connectivity index is 1.34. The van der Waals surface area contributed by atoms with Crippen LogP contribution in [-0.2, 0) is 14.4 Å². The Bertz CT molecular complexity index is 1750. The molecule has 0 aromatic heterocycles. The van der Waals surface area contributed by atoms with Gasteiger partial charge in [0.05, 0.1) is 10.9 Å². The third kappa shape index (κ3) is 7.59. The second-order valence-electron chi connectivity index (χ2n) is 9.38. The Labute approximate surface area is 273 Å². The lowest BCUT2D eigenvalue weighted by Crippen LogP contribution is -2.31. The van der Waals surface area contributed by atoms with Crippen LogP contribution in [-0.4, -0.2) is 28.9 Å². The van der Waals surface area contributed by atoms with Gasteiger partial charge in [-0.25, -0.2) is 9.29 Å².